The predicted molar refractivity (Wildman–Crippen MR) is 145 cm³/mol. The molecule has 5 rings (SSSR count). The minimum Gasteiger partial charge on any atom is -0.459 e. The zero-order valence-electron chi connectivity index (χ0n) is 20.7. The highest BCUT2D eigenvalue weighted by Crippen LogP contribution is 2.40. The van der Waals surface area contributed by atoms with Gasteiger partial charge in [-0.1, -0.05) is 74.5 Å². The Kier molecular flexibility index (Phi) is 6.08. The molecule has 1 N–H and O–H groups in total. The van der Waals surface area contributed by atoms with E-state index in [1.54, 1.807) is 0 Å². The standard InChI is InChI=1S/C29H30NO4P/c1-18(2)27(28(31)32-29(3,4)5)30-35-33-23-16-14-19-10-6-8-12-21(19)25(23)26-22-13-9-7-11-20(22)15-17-24(26)34-35/h6-18,27,30H,1-5H3/t27-/m0/s1. The van der Waals surface area contributed by atoms with E-state index >= 15 is 0 Å². The Bertz CT molecular complexity index is 1500. The molecule has 0 aliphatic rings. The normalized spacial score (nSPS) is 13.1. The maximum atomic E-state index is 13.0. The van der Waals surface area contributed by atoms with Crippen LogP contribution in [0.2, 0.25) is 0 Å². The molecule has 6 heteroatoms. The molecule has 1 aromatic heterocycles. The van der Waals surface area contributed by atoms with E-state index in [0.29, 0.717) is 0 Å². The van der Waals surface area contributed by atoms with Crippen molar-refractivity contribution in [1.82, 2.24) is 0 Å². The van der Waals surface area contributed by atoms with Gasteiger partial charge in [-0.2, -0.15) is 0 Å². The lowest BCUT2D eigenvalue weighted by molar-refractivity contribution is -0.156. The van der Waals surface area contributed by atoms with Crippen LogP contribution in [0.15, 0.2) is 81.2 Å². The number of hydrogen-bond acceptors (Lipinski definition) is 5. The van der Waals surface area contributed by atoms with Crippen molar-refractivity contribution >= 4 is 57.6 Å². The second-order valence-electron chi connectivity index (χ2n) is 10.1. The summed E-state index contributed by atoms with van der Waals surface area (Å²) in [6.07, 6.45) is 0. The topological polar surface area (TPSA) is 64.6 Å². The van der Waals surface area contributed by atoms with Gasteiger partial charge < -0.3 is 13.1 Å². The molecule has 0 aliphatic heterocycles. The summed E-state index contributed by atoms with van der Waals surface area (Å²) in [5, 5.41) is 9.78. The second kappa shape index (κ2) is 9.07. The molecule has 0 fully saturated rings. The van der Waals surface area contributed by atoms with E-state index in [1.165, 1.54) is 0 Å². The van der Waals surface area contributed by atoms with Gasteiger partial charge in [0.05, 0.1) is 0 Å². The molecule has 0 saturated heterocycles. The Morgan fingerprint density at radius 3 is 1.74 bits per heavy atom. The molecule has 180 valence electrons. The molecule has 0 amide bonds. The number of nitrogens with one attached hydrogen (secondary N) is 1. The molecule has 4 aromatic carbocycles. The monoisotopic (exact) mass is 487 g/mol. The van der Waals surface area contributed by atoms with Crippen molar-refractivity contribution < 1.29 is 17.9 Å². The van der Waals surface area contributed by atoms with E-state index in [2.05, 4.69) is 41.5 Å². The van der Waals surface area contributed by atoms with Gasteiger partial charge in [-0.25, -0.2) is 5.09 Å². The third-order valence-electron chi connectivity index (χ3n) is 5.97. The maximum absolute atomic E-state index is 13.0. The number of carbonyl (C=O) groups excluding carboxylic acids is 1. The molecule has 1 atom stereocenters. The van der Waals surface area contributed by atoms with Gasteiger partial charge in [-0.3, -0.25) is 4.79 Å². The van der Waals surface area contributed by atoms with Gasteiger partial charge in [-0.15, -0.1) is 0 Å². The SMILES string of the molecule is CC(C)[C@H](Np1oc2ccc3ccccc3c2c2c(ccc3ccccc32)o1)C(=O)OC(C)(C)C. The van der Waals surface area contributed by atoms with Gasteiger partial charge in [0.15, 0.2) is 0 Å². The number of carbonyl (C=O) groups is 1. The van der Waals surface area contributed by atoms with Gasteiger partial charge >= 0.3 is 14.1 Å². The lowest BCUT2D eigenvalue weighted by atomic mass is 9.99. The van der Waals surface area contributed by atoms with Crippen molar-refractivity contribution in [3.8, 4) is 0 Å². The first-order valence-electron chi connectivity index (χ1n) is 11.9. The van der Waals surface area contributed by atoms with Gasteiger partial charge in [0.25, 0.3) is 0 Å². The van der Waals surface area contributed by atoms with Gasteiger partial charge in [0.2, 0.25) is 0 Å². The van der Waals surface area contributed by atoms with Gasteiger partial charge in [0, 0.05) is 10.8 Å². The lowest BCUT2D eigenvalue weighted by Gasteiger charge is -2.25. The van der Waals surface area contributed by atoms with Gasteiger partial charge in [-0.05, 0) is 60.4 Å². The van der Waals surface area contributed by atoms with Crippen LogP contribution in [0.3, 0.4) is 0 Å². The van der Waals surface area contributed by atoms with E-state index in [4.69, 9.17) is 13.1 Å². The fourth-order valence-corrected chi connectivity index (χ4v) is 5.81. The summed E-state index contributed by atoms with van der Waals surface area (Å²) in [5.41, 5.74) is 0.870. The van der Waals surface area contributed by atoms with Gasteiger partial charge in [0.1, 0.15) is 22.8 Å². The Morgan fingerprint density at radius 1 is 0.800 bits per heavy atom. The molecule has 0 saturated carbocycles. The molecule has 0 bridgehead atoms. The first-order valence-corrected chi connectivity index (χ1v) is 13.1. The van der Waals surface area contributed by atoms with E-state index < -0.39 is 19.8 Å². The molecule has 5 aromatic rings. The molecule has 0 aliphatic carbocycles. The highest BCUT2D eigenvalue weighted by atomic mass is 31.1. The third-order valence-corrected chi connectivity index (χ3v) is 7.18. The smallest absolute Gasteiger partial charge is 0.324 e. The molecule has 0 radical (unpaired) electrons. The molecule has 35 heavy (non-hydrogen) atoms. The van der Waals surface area contributed by atoms with Crippen LogP contribution >= 0.6 is 8.16 Å². The van der Waals surface area contributed by atoms with Crippen LogP contribution in [-0.2, 0) is 9.53 Å². The van der Waals surface area contributed by atoms with Crippen LogP contribution in [0.4, 0.5) is 0 Å². The van der Waals surface area contributed by atoms with Crippen LogP contribution in [0.25, 0.3) is 43.5 Å². The molecular formula is C29H30NO4P. The molecule has 5 nitrogen and oxygen atoms in total. The average molecular weight is 488 g/mol. The quantitative estimate of drug-likeness (QED) is 0.257. The Balaban J connectivity index is 1.80. The third kappa shape index (κ3) is 4.67. The van der Waals surface area contributed by atoms with Crippen LogP contribution < -0.4 is 5.09 Å². The summed E-state index contributed by atoms with van der Waals surface area (Å²) >= 11 is 0. The van der Waals surface area contributed by atoms with Crippen LogP contribution in [-0.4, -0.2) is 17.6 Å². The fourth-order valence-electron chi connectivity index (χ4n) is 4.37. The fraction of sp³-hybridized carbons (Fsp3) is 0.276. The molecule has 0 unspecified atom stereocenters. The minimum atomic E-state index is -1.68. The first kappa shape index (κ1) is 23.5. The zero-order valence-corrected chi connectivity index (χ0v) is 21.6. The first-order chi connectivity index (χ1) is 16.7. The highest BCUT2D eigenvalue weighted by molar-refractivity contribution is 7.38. The summed E-state index contributed by atoms with van der Waals surface area (Å²) in [6.45, 7) is 9.58. The van der Waals surface area contributed by atoms with Crippen molar-refractivity contribution in [3.63, 3.8) is 0 Å². The minimum absolute atomic E-state index is 0.0186. The van der Waals surface area contributed by atoms with Crippen molar-refractivity contribution in [2.45, 2.75) is 46.3 Å². The number of rotatable bonds is 4. The number of ether oxygens (including phenoxy) is 1. The van der Waals surface area contributed by atoms with Crippen molar-refractivity contribution in [3.05, 3.63) is 72.8 Å². The summed E-state index contributed by atoms with van der Waals surface area (Å²) in [7, 11) is -1.68. The predicted octanol–water partition coefficient (Wildman–Crippen LogP) is 8.51. The molecule has 0 spiro atoms. The second-order valence-corrected chi connectivity index (χ2v) is 11.3. The van der Waals surface area contributed by atoms with Crippen LogP contribution in [0, 0.1) is 5.92 Å². The van der Waals surface area contributed by atoms with Crippen molar-refractivity contribution in [2.24, 2.45) is 5.92 Å². The Labute approximate surface area is 205 Å². The summed E-state index contributed by atoms with van der Waals surface area (Å²) in [6, 6.07) is 24.1. The highest BCUT2D eigenvalue weighted by Gasteiger charge is 2.29. The maximum Gasteiger partial charge on any atom is 0.324 e. The summed E-state index contributed by atoms with van der Waals surface area (Å²) in [4.78, 5) is 13.0. The Hall–Kier alpha value is -3.27. The van der Waals surface area contributed by atoms with E-state index in [-0.39, 0.29) is 11.9 Å². The van der Waals surface area contributed by atoms with E-state index in [9.17, 15) is 4.79 Å². The zero-order chi connectivity index (χ0) is 24.7. The molecule has 1 heterocycles. The number of esters is 1. The average Bonchev–Trinajstić information content (AvgIpc) is 2.97. The Morgan fingerprint density at radius 2 is 1.29 bits per heavy atom. The number of fused-ring (bicyclic) bond motifs is 7. The van der Waals surface area contributed by atoms with E-state index in [0.717, 1.165) is 43.5 Å². The van der Waals surface area contributed by atoms with E-state index in [1.807, 2.05) is 71.0 Å². The summed E-state index contributed by atoms with van der Waals surface area (Å²) < 4.78 is 18.6. The summed E-state index contributed by atoms with van der Waals surface area (Å²) in [5.74, 6) is -0.334. The van der Waals surface area contributed by atoms with Crippen LogP contribution in [0.5, 0.6) is 0 Å². The van der Waals surface area contributed by atoms with Crippen molar-refractivity contribution in [1.29, 1.82) is 0 Å². The number of hydrogen-bond donors (Lipinski definition) is 1. The lowest BCUT2D eigenvalue weighted by Crippen LogP contribution is -2.39. The number of benzene rings is 4. The largest absolute Gasteiger partial charge is 0.459 e. The molecular weight excluding hydrogens is 457 g/mol. The van der Waals surface area contributed by atoms with Crippen molar-refractivity contribution in [2.75, 3.05) is 5.09 Å². The van der Waals surface area contributed by atoms with Crippen LogP contribution in [0.1, 0.15) is 34.6 Å².